The van der Waals surface area contributed by atoms with Gasteiger partial charge in [-0.25, -0.2) is 4.79 Å². The van der Waals surface area contributed by atoms with Gasteiger partial charge in [-0.05, 0) is 30.7 Å². The number of unbranched alkanes of at least 4 members (excludes halogenated alkanes) is 8. The summed E-state index contributed by atoms with van der Waals surface area (Å²) in [7, 11) is 0. The first-order chi connectivity index (χ1) is 15.3. The lowest BCUT2D eigenvalue weighted by molar-refractivity contribution is -0.235. The van der Waals surface area contributed by atoms with E-state index in [1.165, 1.54) is 65.0 Å². The van der Waals surface area contributed by atoms with Gasteiger partial charge in [0.2, 0.25) is 0 Å². The SMILES string of the molecule is CCCCCCCCCCCOC(=O)c1ccc(N=CC2C(=O)OC(C)(C)OC2=O)cc1. The summed E-state index contributed by atoms with van der Waals surface area (Å²) in [6.45, 7) is 5.62. The Morgan fingerprint density at radius 1 is 0.938 bits per heavy atom. The predicted octanol–water partition coefficient (Wildman–Crippen LogP) is 5.53. The minimum Gasteiger partial charge on any atom is -0.462 e. The van der Waals surface area contributed by atoms with E-state index in [1.54, 1.807) is 24.3 Å². The van der Waals surface area contributed by atoms with Gasteiger partial charge in [0.1, 0.15) is 0 Å². The van der Waals surface area contributed by atoms with Crippen LogP contribution in [0.5, 0.6) is 0 Å². The molecule has 0 N–H and O–H groups in total. The molecule has 0 spiro atoms. The second-order valence-electron chi connectivity index (χ2n) is 8.51. The molecule has 0 amide bonds. The van der Waals surface area contributed by atoms with Crippen molar-refractivity contribution in [3.8, 4) is 0 Å². The second kappa shape index (κ2) is 13.0. The highest BCUT2D eigenvalue weighted by molar-refractivity contribution is 6.10. The van der Waals surface area contributed by atoms with Crippen molar-refractivity contribution < 1.29 is 28.6 Å². The highest BCUT2D eigenvalue weighted by Gasteiger charge is 2.42. The lowest BCUT2D eigenvalue weighted by Gasteiger charge is -2.31. The van der Waals surface area contributed by atoms with Gasteiger partial charge in [-0.2, -0.15) is 0 Å². The van der Waals surface area contributed by atoms with Crippen molar-refractivity contribution in [1.29, 1.82) is 0 Å². The van der Waals surface area contributed by atoms with Gasteiger partial charge in [0, 0.05) is 20.1 Å². The number of cyclic esters (lactones) is 2. The van der Waals surface area contributed by atoms with Crippen LogP contribution in [0, 0.1) is 5.92 Å². The van der Waals surface area contributed by atoms with Gasteiger partial charge in [-0.15, -0.1) is 0 Å². The van der Waals surface area contributed by atoms with Gasteiger partial charge < -0.3 is 14.2 Å². The monoisotopic (exact) mass is 445 g/mol. The number of aliphatic imine (C=N–C) groups is 1. The topological polar surface area (TPSA) is 91.3 Å². The first-order valence-corrected chi connectivity index (χ1v) is 11.6. The summed E-state index contributed by atoms with van der Waals surface area (Å²) in [5.41, 5.74) is 0.920. The maximum atomic E-state index is 12.2. The molecule has 1 saturated heterocycles. The second-order valence-corrected chi connectivity index (χ2v) is 8.51. The number of ether oxygens (including phenoxy) is 3. The number of benzene rings is 1. The Labute approximate surface area is 190 Å². The molecule has 0 saturated carbocycles. The summed E-state index contributed by atoms with van der Waals surface area (Å²) in [5.74, 6) is -4.25. The Balaban J connectivity index is 1.68. The van der Waals surface area contributed by atoms with Crippen LogP contribution >= 0.6 is 0 Å². The molecule has 0 atom stereocenters. The summed E-state index contributed by atoms with van der Waals surface area (Å²) >= 11 is 0. The van der Waals surface area contributed by atoms with E-state index in [0.29, 0.717) is 17.9 Å². The van der Waals surface area contributed by atoms with Gasteiger partial charge in [-0.3, -0.25) is 14.6 Å². The molecule has 0 aromatic heterocycles. The molecule has 0 aliphatic carbocycles. The Kier molecular flexibility index (Phi) is 10.4. The molecule has 1 aromatic carbocycles. The Morgan fingerprint density at radius 2 is 1.47 bits per heavy atom. The zero-order valence-corrected chi connectivity index (χ0v) is 19.4. The van der Waals surface area contributed by atoms with Crippen LogP contribution in [0.1, 0.15) is 88.9 Å². The number of nitrogens with zero attached hydrogens (tertiary/aromatic N) is 1. The Morgan fingerprint density at radius 3 is 2.03 bits per heavy atom. The van der Waals surface area contributed by atoms with Gasteiger partial charge in [-0.1, -0.05) is 58.3 Å². The van der Waals surface area contributed by atoms with E-state index in [4.69, 9.17) is 14.2 Å². The van der Waals surface area contributed by atoms with E-state index < -0.39 is 23.6 Å². The zero-order valence-electron chi connectivity index (χ0n) is 19.4. The van der Waals surface area contributed by atoms with E-state index in [9.17, 15) is 14.4 Å². The molecule has 1 heterocycles. The summed E-state index contributed by atoms with van der Waals surface area (Å²) in [6.07, 6.45) is 12.1. The van der Waals surface area contributed by atoms with Crippen LogP contribution in [0.4, 0.5) is 5.69 Å². The normalized spacial score (nSPS) is 16.1. The summed E-state index contributed by atoms with van der Waals surface area (Å²) in [6, 6.07) is 6.45. The predicted molar refractivity (Wildman–Crippen MR) is 122 cm³/mol. The van der Waals surface area contributed by atoms with Crippen molar-refractivity contribution in [1.82, 2.24) is 0 Å². The minimum absolute atomic E-state index is 0.373. The van der Waals surface area contributed by atoms with E-state index in [1.807, 2.05) is 0 Å². The van der Waals surface area contributed by atoms with Crippen LogP contribution in [0.3, 0.4) is 0 Å². The first-order valence-electron chi connectivity index (χ1n) is 11.6. The molecule has 7 nitrogen and oxygen atoms in total. The van der Waals surface area contributed by atoms with Crippen LogP contribution in [0.15, 0.2) is 29.3 Å². The lowest BCUT2D eigenvalue weighted by atomic mass is 10.1. The first kappa shape index (κ1) is 25.6. The van der Waals surface area contributed by atoms with Crippen LogP contribution < -0.4 is 0 Å². The van der Waals surface area contributed by atoms with Gasteiger partial charge >= 0.3 is 17.9 Å². The summed E-state index contributed by atoms with van der Waals surface area (Å²) in [5, 5.41) is 0. The fraction of sp³-hybridized carbons (Fsp3) is 0.600. The molecule has 7 heteroatoms. The van der Waals surface area contributed by atoms with Crippen LogP contribution in [-0.4, -0.2) is 36.5 Å². The van der Waals surface area contributed by atoms with E-state index in [2.05, 4.69) is 11.9 Å². The third-order valence-electron chi connectivity index (χ3n) is 5.16. The van der Waals surface area contributed by atoms with Gasteiger partial charge in [0.15, 0.2) is 5.92 Å². The molecule has 0 bridgehead atoms. The maximum Gasteiger partial charge on any atom is 0.338 e. The third-order valence-corrected chi connectivity index (χ3v) is 5.16. The largest absolute Gasteiger partial charge is 0.462 e. The van der Waals surface area contributed by atoms with Crippen molar-refractivity contribution in [3.63, 3.8) is 0 Å². The molecular weight excluding hydrogens is 410 g/mol. The molecule has 1 aromatic rings. The number of hydrogen-bond donors (Lipinski definition) is 0. The number of hydrogen-bond acceptors (Lipinski definition) is 7. The summed E-state index contributed by atoms with van der Waals surface area (Å²) < 4.78 is 15.4. The smallest absolute Gasteiger partial charge is 0.338 e. The fourth-order valence-electron chi connectivity index (χ4n) is 3.36. The quantitative estimate of drug-likeness (QED) is 0.172. The highest BCUT2D eigenvalue weighted by Crippen LogP contribution is 2.23. The maximum absolute atomic E-state index is 12.2. The minimum atomic E-state index is -1.27. The molecule has 0 radical (unpaired) electrons. The van der Waals surface area contributed by atoms with Crippen LogP contribution in [-0.2, 0) is 23.8 Å². The molecule has 2 rings (SSSR count). The van der Waals surface area contributed by atoms with E-state index >= 15 is 0 Å². The van der Waals surface area contributed by atoms with Crippen molar-refractivity contribution >= 4 is 29.8 Å². The average Bonchev–Trinajstić information content (AvgIpc) is 2.74. The fourth-order valence-corrected chi connectivity index (χ4v) is 3.36. The standard InChI is InChI=1S/C25H35NO6/c1-4-5-6-7-8-9-10-11-12-17-30-22(27)19-13-15-20(16-14-19)26-18-21-23(28)31-25(2,3)32-24(21)29/h13-16,18,21H,4-12,17H2,1-3H3. The molecule has 1 fully saturated rings. The Bertz CT molecular complexity index is 764. The number of esters is 3. The van der Waals surface area contributed by atoms with Crippen LogP contribution in [0.2, 0.25) is 0 Å². The molecule has 0 unspecified atom stereocenters. The van der Waals surface area contributed by atoms with Crippen molar-refractivity contribution in [3.05, 3.63) is 29.8 Å². The van der Waals surface area contributed by atoms with Crippen molar-refractivity contribution in [2.24, 2.45) is 10.9 Å². The van der Waals surface area contributed by atoms with Gasteiger partial charge in [0.05, 0.1) is 17.9 Å². The number of carbonyl (C=O) groups excluding carboxylic acids is 3. The zero-order chi connectivity index (χ0) is 23.4. The number of rotatable bonds is 13. The Hall–Kier alpha value is -2.70. The molecule has 1 aliphatic heterocycles. The van der Waals surface area contributed by atoms with Crippen molar-refractivity contribution in [2.75, 3.05) is 6.61 Å². The van der Waals surface area contributed by atoms with Gasteiger partial charge in [0.25, 0.3) is 5.79 Å². The van der Waals surface area contributed by atoms with E-state index in [-0.39, 0.29) is 5.97 Å². The molecule has 32 heavy (non-hydrogen) atoms. The summed E-state index contributed by atoms with van der Waals surface area (Å²) in [4.78, 5) is 40.2. The average molecular weight is 446 g/mol. The molecule has 1 aliphatic rings. The number of carbonyl (C=O) groups is 3. The third kappa shape index (κ3) is 8.81. The molecular formula is C25H35NO6. The lowest BCUT2D eigenvalue weighted by Crippen LogP contribution is -2.46. The van der Waals surface area contributed by atoms with Crippen molar-refractivity contribution in [2.45, 2.75) is 84.3 Å². The van der Waals surface area contributed by atoms with Crippen LogP contribution in [0.25, 0.3) is 0 Å². The molecule has 176 valence electrons. The highest BCUT2D eigenvalue weighted by atomic mass is 16.7. The van der Waals surface area contributed by atoms with E-state index in [0.717, 1.165) is 12.8 Å².